The maximum Gasteiger partial charge on any atom is -0.00218 e. The van der Waals surface area contributed by atoms with Crippen LogP contribution in [0.4, 0.5) is 0 Å². The van der Waals surface area contributed by atoms with Crippen LogP contribution in [0, 0.1) is 0 Å². The van der Waals surface area contributed by atoms with E-state index in [-0.39, 0.29) is 0 Å². The predicted molar refractivity (Wildman–Crippen MR) is 87.3 cm³/mol. The molecule has 110 valence electrons. The molecule has 0 aromatic heterocycles. The largest absolute Gasteiger partial charge is 0.312 e. The number of allylic oxidation sites excluding steroid dienone is 2. The van der Waals surface area contributed by atoms with Gasteiger partial charge in [0.15, 0.2) is 0 Å². The third-order valence-corrected chi connectivity index (χ3v) is 1.87. The average Bonchev–Trinajstić information content (AvgIpc) is 2.31. The second-order valence-electron chi connectivity index (χ2n) is 4.81. The second-order valence-corrected chi connectivity index (χ2v) is 4.81. The number of piperidine rings is 1. The van der Waals surface area contributed by atoms with Crippen LogP contribution in [0.15, 0.2) is 25.3 Å². The first-order valence-corrected chi connectivity index (χ1v) is 6.93. The molecule has 0 aliphatic carbocycles. The third-order valence-electron chi connectivity index (χ3n) is 1.87. The second kappa shape index (κ2) is 21.7. The van der Waals surface area contributed by atoms with Crippen molar-refractivity contribution in [2.45, 2.75) is 39.5 Å². The molecule has 0 radical (unpaired) electrons. The Morgan fingerprint density at radius 3 is 1.44 bits per heavy atom. The van der Waals surface area contributed by atoms with Gasteiger partial charge in [0.1, 0.15) is 0 Å². The fourth-order valence-corrected chi connectivity index (χ4v) is 1.05. The lowest BCUT2D eigenvalue weighted by molar-refractivity contribution is 0.277. The van der Waals surface area contributed by atoms with Crippen LogP contribution in [0.1, 0.15) is 39.5 Å². The first-order valence-electron chi connectivity index (χ1n) is 6.93. The summed E-state index contributed by atoms with van der Waals surface area (Å²) in [4.78, 5) is 4.39. The number of nitrogens with zero attached hydrogens (tertiary/aromatic N) is 2. The van der Waals surface area contributed by atoms with E-state index in [1.165, 1.54) is 32.4 Å². The summed E-state index contributed by atoms with van der Waals surface area (Å²) < 4.78 is 0. The summed E-state index contributed by atoms with van der Waals surface area (Å²) in [7, 11) is 8.19. The van der Waals surface area contributed by atoms with Crippen LogP contribution in [-0.2, 0) is 0 Å². The Bertz CT molecular complexity index is 144. The molecular formula is C16H36N2. The Morgan fingerprint density at radius 1 is 1.06 bits per heavy atom. The summed E-state index contributed by atoms with van der Waals surface area (Å²) in [5, 5.41) is 0. The quantitative estimate of drug-likeness (QED) is 0.653. The van der Waals surface area contributed by atoms with Crippen LogP contribution in [-0.4, -0.2) is 51.1 Å². The lowest BCUT2D eigenvalue weighted by Crippen LogP contribution is -2.24. The lowest BCUT2D eigenvalue weighted by Gasteiger charge is -2.20. The van der Waals surface area contributed by atoms with Crippen molar-refractivity contribution in [2.24, 2.45) is 0 Å². The minimum atomic E-state index is 1.08. The highest BCUT2D eigenvalue weighted by Crippen LogP contribution is 2.04. The van der Waals surface area contributed by atoms with Gasteiger partial charge in [0, 0.05) is 0 Å². The Morgan fingerprint density at radius 2 is 1.33 bits per heavy atom. The van der Waals surface area contributed by atoms with E-state index in [0.717, 1.165) is 6.42 Å². The monoisotopic (exact) mass is 256 g/mol. The number of hydrogen-bond donors (Lipinski definition) is 0. The zero-order chi connectivity index (χ0) is 14.8. The van der Waals surface area contributed by atoms with Crippen LogP contribution >= 0.6 is 0 Å². The van der Waals surface area contributed by atoms with Gasteiger partial charge in [-0.2, -0.15) is 0 Å². The van der Waals surface area contributed by atoms with Gasteiger partial charge in [0.2, 0.25) is 0 Å². The van der Waals surface area contributed by atoms with Gasteiger partial charge >= 0.3 is 0 Å². The minimum absolute atomic E-state index is 1.08. The van der Waals surface area contributed by atoms with E-state index < -0.39 is 0 Å². The zero-order valence-corrected chi connectivity index (χ0v) is 13.7. The van der Waals surface area contributed by atoms with Crippen LogP contribution in [0.5, 0.6) is 0 Å². The fourth-order valence-electron chi connectivity index (χ4n) is 1.05. The van der Waals surface area contributed by atoms with Crippen molar-refractivity contribution in [1.82, 2.24) is 9.80 Å². The lowest BCUT2D eigenvalue weighted by atomic mass is 10.1. The third kappa shape index (κ3) is 45.3. The van der Waals surface area contributed by atoms with E-state index in [4.69, 9.17) is 0 Å². The molecule has 0 bridgehead atoms. The smallest absolute Gasteiger partial charge is 0.00218 e. The number of rotatable bonds is 1. The molecule has 0 aromatic rings. The van der Waals surface area contributed by atoms with Crippen LogP contribution in [0.3, 0.4) is 0 Å². The highest BCUT2D eigenvalue weighted by molar-refractivity contribution is 4.60. The van der Waals surface area contributed by atoms with Crippen molar-refractivity contribution in [2.75, 3.05) is 41.3 Å². The first kappa shape index (κ1) is 22.6. The molecule has 2 nitrogen and oxygen atoms in total. The van der Waals surface area contributed by atoms with Gasteiger partial charge in [0.05, 0.1) is 0 Å². The average molecular weight is 256 g/mol. The highest BCUT2D eigenvalue weighted by atomic mass is 15.1. The Hall–Kier alpha value is -0.600. The van der Waals surface area contributed by atoms with Gasteiger partial charge in [-0.25, -0.2) is 0 Å². The van der Waals surface area contributed by atoms with Crippen molar-refractivity contribution in [3.05, 3.63) is 25.3 Å². The summed E-state index contributed by atoms with van der Waals surface area (Å²) in [6.07, 6.45) is 8.98. The molecule has 1 heterocycles. The molecule has 18 heavy (non-hydrogen) atoms. The summed E-state index contributed by atoms with van der Waals surface area (Å²) in [6.45, 7) is 13.4. The molecule has 0 spiro atoms. The maximum absolute atomic E-state index is 3.48. The molecule has 1 saturated heterocycles. The van der Waals surface area contributed by atoms with E-state index in [2.05, 4.69) is 32.0 Å². The fraction of sp³-hybridized carbons (Fsp3) is 0.750. The molecular weight excluding hydrogens is 220 g/mol. The van der Waals surface area contributed by atoms with Gasteiger partial charge in [-0.3, -0.25) is 0 Å². The van der Waals surface area contributed by atoms with E-state index >= 15 is 0 Å². The normalized spacial score (nSPS) is 13.9. The van der Waals surface area contributed by atoms with E-state index in [1.54, 1.807) is 6.08 Å². The Kier molecular flexibility index (Phi) is 27.2. The van der Waals surface area contributed by atoms with E-state index in [1.807, 2.05) is 39.0 Å². The van der Waals surface area contributed by atoms with E-state index in [9.17, 15) is 0 Å². The summed E-state index contributed by atoms with van der Waals surface area (Å²) >= 11 is 0. The summed E-state index contributed by atoms with van der Waals surface area (Å²) in [6, 6.07) is 0. The molecule has 0 aromatic carbocycles. The van der Waals surface area contributed by atoms with E-state index in [0.29, 0.717) is 0 Å². The van der Waals surface area contributed by atoms with Crippen LogP contribution in [0.2, 0.25) is 0 Å². The van der Waals surface area contributed by atoms with Gasteiger partial charge in [0.25, 0.3) is 0 Å². The van der Waals surface area contributed by atoms with Crippen molar-refractivity contribution in [3.63, 3.8) is 0 Å². The van der Waals surface area contributed by atoms with Gasteiger partial charge in [-0.1, -0.05) is 25.5 Å². The molecule has 0 unspecified atom stereocenters. The standard InChI is InChI=1S/C6H13N.C4H8.C3H9N.C3H6/c1-7-5-3-2-4-6-7;1-3-4-2;1-4(2)3;1-3-2/h2-6H2,1H3;3H,1,4H2,2H3;1-3H3;3H,1H2,2H3. The molecule has 0 atom stereocenters. The highest BCUT2D eigenvalue weighted by Gasteiger charge is 2.02. The Balaban J connectivity index is -0.000000180. The molecule has 1 aliphatic rings. The van der Waals surface area contributed by atoms with Crippen molar-refractivity contribution in [3.8, 4) is 0 Å². The summed E-state index contributed by atoms with van der Waals surface area (Å²) in [5.74, 6) is 0. The topological polar surface area (TPSA) is 6.48 Å². The van der Waals surface area contributed by atoms with Crippen molar-refractivity contribution in [1.29, 1.82) is 0 Å². The van der Waals surface area contributed by atoms with Gasteiger partial charge in [-0.15, -0.1) is 13.2 Å². The summed E-state index contributed by atoms with van der Waals surface area (Å²) in [5.41, 5.74) is 0. The predicted octanol–water partition coefficient (Wildman–Crippen LogP) is 4.05. The molecule has 0 amide bonds. The number of likely N-dealkylation sites (tertiary alicyclic amines) is 1. The number of hydrogen-bond acceptors (Lipinski definition) is 2. The molecule has 1 aliphatic heterocycles. The van der Waals surface area contributed by atoms with Crippen LogP contribution < -0.4 is 0 Å². The van der Waals surface area contributed by atoms with Crippen LogP contribution in [0.25, 0.3) is 0 Å². The molecule has 1 fully saturated rings. The maximum atomic E-state index is 3.48. The minimum Gasteiger partial charge on any atom is -0.312 e. The Labute approximate surface area is 116 Å². The van der Waals surface area contributed by atoms with Crippen molar-refractivity contribution < 1.29 is 0 Å². The van der Waals surface area contributed by atoms with Crippen molar-refractivity contribution >= 4 is 0 Å². The molecule has 2 heteroatoms. The van der Waals surface area contributed by atoms with Gasteiger partial charge < -0.3 is 9.80 Å². The first-order chi connectivity index (χ1) is 8.45. The molecule has 0 N–H and O–H groups in total. The van der Waals surface area contributed by atoms with Gasteiger partial charge in [-0.05, 0) is 67.5 Å². The zero-order valence-electron chi connectivity index (χ0n) is 13.7. The SMILES string of the molecule is C=CC.C=CCC.CN(C)C.CN1CCCCC1. The molecule has 1 rings (SSSR count). The molecule has 0 saturated carbocycles.